The summed E-state index contributed by atoms with van der Waals surface area (Å²) in [7, 11) is 1.28. The predicted molar refractivity (Wildman–Crippen MR) is 38.3 cm³/mol. The highest BCUT2D eigenvalue weighted by Gasteiger charge is 2.33. The van der Waals surface area contributed by atoms with Crippen molar-refractivity contribution in [2.75, 3.05) is 7.11 Å². The van der Waals surface area contributed by atoms with Gasteiger partial charge in [0.25, 0.3) is 0 Å². The Morgan fingerprint density at radius 3 is 2.38 bits per heavy atom. The van der Waals surface area contributed by atoms with Crippen molar-refractivity contribution in [1.29, 1.82) is 0 Å². The molecule has 72 valence electrons. The van der Waals surface area contributed by atoms with Gasteiger partial charge in [0, 0.05) is 6.07 Å². The lowest BCUT2D eigenvalue weighted by Gasteiger charge is -2.07. The first kappa shape index (κ1) is 9.76. The van der Waals surface area contributed by atoms with Gasteiger partial charge < -0.3 is 4.74 Å². The highest BCUT2D eigenvalue weighted by atomic mass is 19.4. The van der Waals surface area contributed by atoms with Crippen LogP contribution in [0, 0.1) is 6.92 Å². The maximum atomic E-state index is 12.1. The number of aromatic nitrogens is 2. The Bertz CT molecular complexity index is 311. The van der Waals surface area contributed by atoms with Gasteiger partial charge in [0.15, 0.2) is 5.69 Å². The normalized spacial score (nSPS) is 11.5. The van der Waals surface area contributed by atoms with E-state index in [1.807, 2.05) is 0 Å². The Kier molecular flexibility index (Phi) is 2.40. The Hall–Kier alpha value is -1.33. The molecule has 0 N–H and O–H groups in total. The molecule has 13 heavy (non-hydrogen) atoms. The quantitative estimate of drug-likeness (QED) is 0.680. The summed E-state index contributed by atoms with van der Waals surface area (Å²) in [6.07, 6.45) is -4.48. The summed E-state index contributed by atoms with van der Waals surface area (Å²) in [6, 6.07) is 0.822. The summed E-state index contributed by atoms with van der Waals surface area (Å²) in [5, 5.41) is 6.32. The fourth-order valence-electron chi connectivity index (χ4n) is 0.781. The minimum absolute atomic E-state index is 0.0855. The summed E-state index contributed by atoms with van der Waals surface area (Å²) < 4.78 is 40.9. The van der Waals surface area contributed by atoms with E-state index in [0.29, 0.717) is 5.69 Å². The van der Waals surface area contributed by atoms with E-state index in [-0.39, 0.29) is 5.75 Å². The summed E-state index contributed by atoms with van der Waals surface area (Å²) in [4.78, 5) is 0. The number of methoxy groups -OCH3 is 1. The molecule has 0 aliphatic heterocycles. The van der Waals surface area contributed by atoms with Crippen molar-refractivity contribution in [2.45, 2.75) is 13.1 Å². The van der Waals surface area contributed by atoms with Gasteiger partial charge in [-0.2, -0.15) is 18.3 Å². The van der Waals surface area contributed by atoms with Crippen molar-refractivity contribution < 1.29 is 17.9 Å². The molecule has 0 unspecified atom stereocenters. The van der Waals surface area contributed by atoms with Gasteiger partial charge in [-0.05, 0) is 6.92 Å². The number of nitrogens with zero attached hydrogens (tertiary/aromatic N) is 2. The van der Waals surface area contributed by atoms with E-state index in [1.165, 1.54) is 14.0 Å². The first-order valence-corrected chi connectivity index (χ1v) is 3.40. The lowest BCUT2D eigenvalue weighted by atomic mass is 10.3. The second kappa shape index (κ2) is 3.20. The number of hydrogen-bond donors (Lipinski definition) is 0. The average Bonchev–Trinajstić information content (AvgIpc) is 2.03. The number of ether oxygens (including phenoxy) is 1. The second-order valence-electron chi connectivity index (χ2n) is 2.38. The molecule has 1 aromatic rings. The van der Waals surface area contributed by atoms with Gasteiger partial charge in [-0.25, -0.2) is 0 Å². The van der Waals surface area contributed by atoms with E-state index in [9.17, 15) is 13.2 Å². The third-order valence-electron chi connectivity index (χ3n) is 1.44. The van der Waals surface area contributed by atoms with Crippen molar-refractivity contribution in [1.82, 2.24) is 10.2 Å². The SMILES string of the molecule is COc1cc(C(F)(F)F)nnc1C. The molecular weight excluding hydrogens is 185 g/mol. The maximum Gasteiger partial charge on any atom is 0.435 e. The van der Waals surface area contributed by atoms with Crippen molar-refractivity contribution in [3.05, 3.63) is 17.5 Å². The standard InChI is InChI=1S/C7H7F3N2O/c1-4-5(13-2)3-6(12-11-4)7(8,9)10/h3H,1-2H3. The topological polar surface area (TPSA) is 35.0 Å². The van der Waals surface area contributed by atoms with E-state index in [4.69, 9.17) is 0 Å². The van der Waals surface area contributed by atoms with Crippen LogP contribution in [0.15, 0.2) is 6.07 Å². The van der Waals surface area contributed by atoms with Crippen LogP contribution in [0.5, 0.6) is 5.75 Å². The molecule has 0 aromatic carbocycles. The Morgan fingerprint density at radius 2 is 1.92 bits per heavy atom. The van der Waals surface area contributed by atoms with Gasteiger partial charge in [0.1, 0.15) is 11.4 Å². The van der Waals surface area contributed by atoms with Crippen LogP contribution in [0.25, 0.3) is 0 Å². The van der Waals surface area contributed by atoms with Crippen molar-refractivity contribution in [2.24, 2.45) is 0 Å². The molecule has 1 rings (SSSR count). The molecule has 1 heterocycles. The fourth-order valence-corrected chi connectivity index (χ4v) is 0.781. The van der Waals surface area contributed by atoms with Crippen LogP contribution in [0.1, 0.15) is 11.4 Å². The van der Waals surface area contributed by atoms with Gasteiger partial charge in [0.2, 0.25) is 0 Å². The van der Waals surface area contributed by atoms with Crippen molar-refractivity contribution >= 4 is 0 Å². The smallest absolute Gasteiger partial charge is 0.435 e. The summed E-state index contributed by atoms with van der Waals surface area (Å²) in [5.74, 6) is 0.0855. The molecule has 0 aliphatic carbocycles. The molecular formula is C7H7F3N2O. The Labute approximate surface area is 72.5 Å². The highest BCUT2D eigenvalue weighted by Crippen LogP contribution is 2.29. The molecule has 0 spiro atoms. The monoisotopic (exact) mass is 192 g/mol. The van der Waals surface area contributed by atoms with Gasteiger partial charge in [-0.1, -0.05) is 0 Å². The molecule has 0 fully saturated rings. The number of alkyl halides is 3. The number of hydrogen-bond acceptors (Lipinski definition) is 3. The molecule has 0 aliphatic rings. The highest BCUT2D eigenvalue weighted by molar-refractivity contribution is 5.27. The van der Waals surface area contributed by atoms with Gasteiger partial charge in [-0.3, -0.25) is 0 Å². The lowest BCUT2D eigenvalue weighted by Crippen LogP contribution is -2.10. The van der Waals surface area contributed by atoms with Crippen LogP contribution in [0.3, 0.4) is 0 Å². The summed E-state index contributed by atoms with van der Waals surface area (Å²) in [6.45, 7) is 1.52. The first-order valence-electron chi connectivity index (χ1n) is 3.40. The van der Waals surface area contributed by atoms with Crippen LogP contribution in [-0.2, 0) is 6.18 Å². The number of aryl methyl sites for hydroxylation is 1. The maximum absolute atomic E-state index is 12.1. The average molecular weight is 192 g/mol. The largest absolute Gasteiger partial charge is 0.495 e. The lowest BCUT2D eigenvalue weighted by molar-refractivity contribution is -0.141. The zero-order valence-corrected chi connectivity index (χ0v) is 7.01. The molecule has 0 atom stereocenters. The van der Waals surface area contributed by atoms with Crippen LogP contribution >= 0.6 is 0 Å². The third-order valence-corrected chi connectivity index (χ3v) is 1.44. The predicted octanol–water partition coefficient (Wildman–Crippen LogP) is 1.81. The minimum Gasteiger partial charge on any atom is -0.495 e. The molecule has 0 bridgehead atoms. The van der Waals surface area contributed by atoms with E-state index < -0.39 is 11.9 Å². The molecule has 0 radical (unpaired) electrons. The van der Waals surface area contributed by atoms with Crippen LogP contribution in [0.2, 0.25) is 0 Å². The summed E-state index contributed by atoms with van der Waals surface area (Å²) >= 11 is 0. The summed E-state index contributed by atoms with van der Waals surface area (Å²) in [5.41, 5.74) is -0.717. The fraction of sp³-hybridized carbons (Fsp3) is 0.429. The molecule has 0 saturated heterocycles. The van der Waals surface area contributed by atoms with E-state index >= 15 is 0 Å². The van der Waals surface area contributed by atoms with Crippen molar-refractivity contribution in [3.63, 3.8) is 0 Å². The molecule has 3 nitrogen and oxygen atoms in total. The van der Waals surface area contributed by atoms with Gasteiger partial charge in [-0.15, -0.1) is 5.10 Å². The van der Waals surface area contributed by atoms with Gasteiger partial charge in [0.05, 0.1) is 7.11 Å². The first-order chi connectivity index (χ1) is 5.95. The minimum atomic E-state index is -4.48. The van der Waals surface area contributed by atoms with Crippen LogP contribution in [0.4, 0.5) is 13.2 Å². The van der Waals surface area contributed by atoms with E-state index in [1.54, 1.807) is 0 Å². The molecule has 0 amide bonds. The van der Waals surface area contributed by atoms with E-state index in [0.717, 1.165) is 6.07 Å². The second-order valence-corrected chi connectivity index (χ2v) is 2.38. The van der Waals surface area contributed by atoms with Crippen LogP contribution in [-0.4, -0.2) is 17.3 Å². The molecule has 1 aromatic heterocycles. The number of halogens is 3. The molecule has 6 heteroatoms. The Morgan fingerprint density at radius 1 is 1.31 bits per heavy atom. The Balaban J connectivity index is 3.14. The third kappa shape index (κ3) is 2.07. The molecule has 0 saturated carbocycles. The van der Waals surface area contributed by atoms with Gasteiger partial charge >= 0.3 is 6.18 Å². The van der Waals surface area contributed by atoms with E-state index in [2.05, 4.69) is 14.9 Å². The van der Waals surface area contributed by atoms with Crippen LogP contribution < -0.4 is 4.74 Å². The van der Waals surface area contributed by atoms with Crippen molar-refractivity contribution in [3.8, 4) is 5.75 Å². The number of rotatable bonds is 1. The zero-order chi connectivity index (χ0) is 10.1. The zero-order valence-electron chi connectivity index (χ0n) is 7.01.